The van der Waals surface area contributed by atoms with Crippen LogP contribution in [0, 0.1) is 11.6 Å². The van der Waals surface area contributed by atoms with E-state index < -0.39 is 17.5 Å². The second-order valence-corrected chi connectivity index (χ2v) is 5.05. The second-order valence-electron chi connectivity index (χ2n) is 3.70. The van der Waals surface area contributed by atoms with Crippen LogP contribution in [0.2, 0.25) is 5.02 Å². The number of anilines is 1. The molecule has 0 spiro atoms. The van der Waals surface area contributed by atoms with Gasteiger partial charge >= 0.3 is 0 Å². The molecule has 0 aliphatic carbocycles. The van der Waals surface area contributed by atoms with Gasteiger partial charge in [0.1, 0.15) is 11.6 Å². The quantitative estimate of drug-likeness (QED) is 0.844. The fourth-order valence-electron chi connectivity index (χ4n) is 1.45. The fourth-order valence-corrected chi connectivity index (χ4v) is 1.95. The fraction of sp³-hybridized carbons (Fsp3) is 0. The van der Waals surface area contributed by atoms with E-state index in [0.29, 0.717) is 4.47 Å². The van der Waals surface area contributed by atoms with Crippen molar-refractivity contribution in [3.8, 4) is 0 Å². The van der Waals surface area contributed by atoms with Gasteiger partial charge in [0.2, 0.25) is 0 Å². The van der Waals surface area contributed by atoms with Crippen LogP contribution in [-0.4, -0.2) is 5.91 Å². The summed E-state index contributed by atoms with van der Waals surface area (Å²) in [5, 5.41) is 2.48. The maximum Gasteiger partial charge on any atom is 0.258 e. The molecule has 0 saturated carbocycles. The number of benzene rings is 2. The predicted octanol–water partition coefficient (Wildman–Crippen LogP) is 4.63. The molecule has 0 unspecified atom stereocenters. The van der Waals surface area contributed by atoms with Gasteiger partial charge in [-0.25, -0.2) is 8.78 Å². The van der Waals surface area contributed by atoms with E-state index in [0.717, 1.165) is 6.07 Å². The number of rotatable bonds is 2. The minimum absolute atomic E-state index is 0.0254. The molecule has 1 amide bonds. The molecule has 2 aromatic carbocycles. The van der Waals surface area contributed by atoms with Crippen LogP contribution in [0.3, 0.4) is 0 Å². The van der Waals surface area contributed by atoms with Gasteiger partial charge in [0, 0.05) is 9.50 Å². The molecule has 19 heavy (non-hydrogen) atoms. The molecule has 6 heteroatoms. The molecule has 0 aliphatic rings. The Kier molecular flexibility index (Phi) is 4.17. The smallest absolute Gasteiger partial charge is 0.258 e. The van der Waals surface area contributed by atoms with E-state index in [-0.39, 0.29) is 16.3 Å². The predicted molar refractivity (Wildman–Crippen MR) is 73.5 cm³/mol. The maximum atomic E-state index is 13.5. The van der Waals surface area contributed by atoms with Crippen molar-refractivity contribution in [2.24, 2.45) is 0 Å². The zero-order valence-electron chi connectivity index (χ0n) is 9.38. The lowest BCUT2D eigenvalue weighted by Gasteiger charge is -2.07. The van der Waals surface area contributed by atoms with Gasteiger partial charge in [0.05, 0.1) is 11.3 Å². The summed E-state index contributed by atoms with van der Waals surface area (Å²) in [6.45, 7) is 0. The molecule has 2 nitrogen and oxygen atoms in total. The van der Waals surface area contributed by atoms with Crippen molar-refractivity contribution < 1.29 is 13.6 Å². The van der Waals surface area contributed by atoms with Crippen LogP contribution < -0.4 is 5.32 Å². The summed E-state index contributed by atoms with van der Waals surface area (Å²) in [4.78, 5) is 11.8. The Balaban J connectivity index is 2.25. The van der Waals surface area contributed by atoms with Gasteiger partial charge < -0.3 is 5.32 Å². The molecule has 0 saturated heterocycles. The molecule has 2 rings (SSSR count). The summed E-state index contributed by atoms with van der Waals surface area (Å²) in [5.41, 5.74) is -0.228. The SMILES string of the molecule is O=C(Nc1ccc(Br)cc1F)c1ccc(Cl)cc1F. The minimum Gasteiger partial charge on any atom is -0.319 e. The van der Waals surface area contributed by atoms with E-state index in [1.165, 1.54) is 24.3 Å². The van der Waals surface area contributed by atoms with Crippen LogP contribution in [0.15, 0.2) is 40.9 Å². The Morgan fingerprint density at radius 3 is 2.47 bits per heavy atom. The minimum atomic E-state index is -0.762. The van der Waals surface area contributed by atoms with Crippen molar-refractivity contribution in [1.82, 2.24) is 0 Å². The largest absolute Gasteiger partial charge is 0.319 e. The van der Waals surface area contributed by atoms with Crippen LogP contribution in [0.4, 0.5) is 14.5 Å². The zero-order valence-corrected chi connectivity index (χ0v) is 11.7. The standard InChI is InChI=1S/C13H7BrClF2NO/c14-7-1-4-12(11(17)5-7)18-13(19)9-3-2-8(15)6-10(9)16/h1-6H,(H,18,19). The van der Waals surface area contributed by atoms with Gasteiger partial charge in [0.25, 0.3) is 5.91 Å². The van der Waals surface area contributed by atoms with Crippen LogP contribution in [0.25, 0.3) is 0 Å². The average Bonchev–Trinajstić information content (AvgIpc) is 2.32. The normalized spacial score (nSPS) is 10.3. The van der Waals surface area contributed by atoms with Crippen molar-refractivity contribution in [3.05, 3.63) is 63.1 Å². The van der Waals surface area contributed by atoms with Gasteiger partial charge in [-0.05, 0) is 36.4 Å². The Morgan fingerprint density at radius 2 is 1.84 bits per heavy atom. The highest BCUT2D eigenvalue weighted by atomic mass is 79.9. The van der Waals surface area contributed by atoms with Crippen LogP contribution in [0.5, 0.6) is 0 Å². The van der Waals surface area contributed by atoms with E-state index in [4.69, 9.17) is 11.6 Å². The molecule has 0 aromatic heterocycles. The first-order valence-corrected chi connectivity index (χ1v) is 6.36. The first-order chi connectivity index (χ1) is 8.97. The summed E-state index contributed by atoms with van der Waals surface area (Å²) in [5.74, 6) is -2.12. The molecular formula is C13H7BrClF2NO. The van der Waals surface area contributed by atoms with Gasteiger partial charge in [-0.1, -0.05) is 27.5 Å². The first kappa shape index (κ1) is 14.0. The van der Waals surface area contributed by atoms with E-state index >= 15 is 0 Å². The summed E-state index contributed by atoms with van der Waals surface area (Å²) < 4.78 is 27.6. The van der Waals surface area contributed by atoms with Crippen molar-refractivity contribution >= 4 is 39.1 Å². The molecule has 0 atom stereocenters. The number of halogens is 4. The number of carbonyl (C=O) groups excluding carboxylic acids is 1. The van der Waals surface area contributed by atoms with Gasteiger partial charge in [-0.3, -0.25) is 4.79 Å². The van der Waals surface area contributed by atoms with E-state index in [1.807, 2.05) is 0 Å². The van der Waals surface area contributed by atoms with Crippen molar-refractivity contribution in [2.75, 3.05) is 5.32 Å². The summed E-state index contributed by atoms with van der Waals surface area (Å²) in [6, 6.07) is 7.80. The Labute approximate surface area is 121 Å². The lowest BCUT2D eigenvalue weighted by atomic mass is 10.2. The topological polar surface area (TPSA) is 29.1 Å². The Morgan fingerprint density at radius 1 is 1.11 bits per heavy atom. The van der Waals surface area contributed by atoms with Crippen LogP contribution >= 0.6 is 27.5 Å². The maximum absolute atomic E-state index is 13.5. The number of carbonyl (C=O) groups is 1. The molecule has 0 aliphatic heterocycles. The lowest BCUT2D eigenvalue weighted by molar-refractivity contribution is 0.102. The number of amides is 1. The highest BCUT2D eigenvalue weighted by molar-refractivity contribution is 9.10. The van der Waals surface area contributed by atoms with Gasteiger partial charge in [0.15, 0.2) is 0 Å². The van der Waals surface area contributed by atoms with Crippen molar-refractivity contribution in [1.29, 1.82) is 0 Å². The summed E-state index contributed by atoms with van der Waals surface area (Å²) in [6.07, 6.45) is 0. The highest BCUT2D eigenvalue weighted by Crippen LogP contribution is 2.21. The number of hydrogen-bond donors (Lipinski definition) is 1. The lowest BCUT2D eigenvalue weighted by Crippen LogP contribution is -2.14. The first-order valence-electron chi connectivity index (χ1n) is 5.19. The molecular weight excluding hydrogens is 340 g/mol. The summed E-state index contributed by atoms with van der Waals surface area (Å²) in [7, 11) is 0. The van der Waals surface area contributed by atoms with E-state index in [2.05, 4.69) is 21.2 Å². The molecule has 0 bridgehead atoms. The molecule has 0 fully saturated rings. The molecule has 98 valence electrons. The van der Waals surface area contributed by atoms with E-state index in [1.54, 1.807) is 6.07 Å². The van der Waals surface area contributed by atoms with Gasteiger partial charge in [-0.2, -0.15) is 0 Å². The van der Waals surface area contributed by atoms with Crippen LogP contribution in [-0.2, 0) is 0 Å². The van der Waals surface area contributed by atoms with Crippen molar-refractivity contribution in [2.45, 2.75) is 0 Å². The second kappa shape index (κ2) is 5.67. The monoisotopic (exact) mass is 345 g/mol. The Hall–Kier alpha value is -1.46. The Bertz CT molecular complexity index is 649. The molecule has 0 heterocycles. The third-order valence-corrected chi connectivity index (χ3v) is 3.08. The molecule has 0 radical (unpaired) electrons. The van der Waals surface area contributed by atoms with Crippen molar-refractivity contribution in [3.63, 3.8) is 0 Å². The molecule has 1 N–H and O–H groups in total. The average molecular weight is 347 g/mol. The number of nitrogens with one attached hydrogen (secondary N) is 1. The third kappa shape index (κ3) is 3.30. The van der Waals surface area contributed by atoms with Gasteiger partial charge in [-0.15, -0.1) is 0 Å². The van der Waals surface area contributed by atoms with E-state index in [9.17, 15) is 13.6 Å². The molecule has 2 aromatic rings. The highest BCUT2D eigenvalue weighted by Gasteiger charge is 2.14. The zero-order chi connectivity index (χ0) is 14.0. The summed E-state index contributed by atoms with van der Waals surface area (Å²) >= 11 is 8.69. The van der Waals surface area contributed by atoms with Crippen LogP contribution in [0.1, 0.15) is 10.4 Å². The number of hydrogen-bond acceptors (Lipinski definition) is 1. The third-order valence-electron chi connectivity index (χ3n) is 2.36.